The predicted octanol–water partition coefficient (Wildman–Crippen LogP) is 2.52. The quantitative estimate of drug-likeness (QED) is 0.844. The molecule has 2 rings (SSSR count). The summed E-state index contributed by atoms with van der Waals surface area (Å²) in [5, 5.41) is 20.6. The first-order valence-corrected chi connectivity index (χ1v) is 5.29. The number of phenols is 1. The molecule has 2 N–H and O–H groups in total. The van der Waals surface area contributed by atoms with Crippen molar-refractivity contribution in [2.45, 2.75) is 0 Å². The van der Waals surface area contributed by atoms with Crippen LogP contribution in [0.15, 0.2) is 48.5 Å². The molecule has 0 aliphatic carbocycles. The van der Waals surface area contributed by atoms with Crippen molar-refractivity contribution in [3.8, 4) is 11.8 Å². The molecule has 0 saturated carbocycles. The maximum absolute atomic E-state index is 11.8. The van der Waals surface area contributed by atoms with E-state index in [-0.39, 0.29) is 11.7 Å². The van der Waals surface area contributed by atoms with E-state index in [2.05, 4.69) is 5.32 Å². The SMILES string of the molecule is N#Cc1ccc(NC(=O)c2cccc(O)c2)cc1. The fourth-order valence-corrected chi connectivity index (χ4v) is 1.48. The molecule has 18 heavy (non-hydrogen) atoms. The van der Waals surface area contributed by atoms with Gasteiger partial charge in [0.25, 0.3) is 5.91 Å². The first-order valence-electron chi connectivity index (χ1n) is 5.29. The number of rotatable bonds is 2. The van der Waals surface area contributed by atoms with Crippen LogP contribution in [0.5, 0.6) is 5.75 Å². The van der Waals surface area contributed by atoms with Gasteiger partial charge < -0.3 is 10.4 Å². The minimum Gasteiger partial charge on any atom is -0.508 e. The van der Waals surface area contributed by atoms with Gasteiger partial charge in [-0.05, 0) is 42.5 Å². The molecule has 0 aromatic heterocycles. The summed E-state index contributed by atoms with van der Waals surface area (Å²) in [7, 11) is 0. The Balaban J connectivity index is 2.14. The highest BCUT2D eigenvalue weighted by Gasteiger charge is 2.06. The molecular formula is C14H10N2O2. The average Bonchev–Trinajstić information content (AvgIpc) is 2.39. The minimum atomic E-state index is -0.310. The van der Waals surface area contributed by atoms with E-state index in [0.717, 1.165) is 0 Å². The fourth-order valence-electron chi connectivity index (χ4n) is 1.48. The van der Waals surface area contributed by atoms with Crippen LogP contribution in [0, 0.1) is 11.3 Å². The van der Waals surface area contributed by atoms with Gasteiger partial charge in [-0.15, -0.1) is 0 Å². The second-order valence-corrected chi connectivity index (χ2v) is 3.69. The molecule has 1 amide bonds. The molecule has 88 valence electrons. The van der Waals surface area contributed by atoms with Gasteiger partial charge in [0.1, 0.15) is 5.75 Å². The lowest BCUT2D eigenvalue weighted by atomic mass is 10.2. The van der Waals surface area contributed by atoms with Gasteiger partial charge >= 0.3 is 0 Å². The van der Waals surface area contributed by atoms with E-state index in [1.807, 2.05) is 6.07 Å². The second-order valence-electron chi connectivity index (χ2n) is 3.69. The summed E-state index contributed by atoms with van der Waals surface area (Å²) in [5.41, 5.74) is 1.51. The number of carbonyl (C=O) groups is 1. The van der Waals surface area contributed by atoms with E-state index in [1.165, 1.54) is 12.1 Å². The summed E-state index contributed by atoms with van der Waals surface area (Å²) in [4.78, 5) is 11.8. The van der Waals surface area contributed by atoms with Crippen molar-refractivity contribution in [3.05, 3.63) is 59.7 Å². The molecule has 4 heteroatoms. The van der Waals surface area contributed by atoms with Crippen LogP contribution in [0.3, 0.4) is 0 Å². The first-order chi connectivity index (χ1) is 8.69. The Morgan fingerprint density at radius 2 is 1.89 bits per heavy atom. The molecule has 0 aliphatic rings. The molecule has 0 atom stereocenters. The van der Waals surface area contributed by atoms with Crippen molar-refractivity contribution < 1.29 is 9.90 Å². The number of anilines is 1. The zero-order valence-corrected chi connectivity index (χ0v) is 9.42. The van der Waals surface area contributed by atoms with Gasteiger partial charge in [0.05, 0.1) is 11.6 Å². The summed E-state index contributed by atoms with van der Waals surface area (Å²) in [6, 6.07) is 14.6. The van der Waals surface area contributed by atoms with Crippen molar-refractivity contribution >= 4 is 11.6 Å². The number of hydrogen-bond donors (Lipinski definition) is 2. The Morgan fingerprint density at radius 3 is 2.50 bits per heavy atom. The van der Waals surface area contributed by atoms with Crippen LogP contribution >= 0.6 is 0 Å². The Labute approximate surface area is 104 Å². The number of phenolic OH excluding ortho intramolecular Hbond substituents is 1. The normalized spacial score (nSPS) is 9.50. The fraction of sp³-hybridized carbons (Fsp3) is 0. The number of benzene rings is 2. The van der Waals surface area contributed by atoms with Gasteiger partial charge in [0.2, 0.25) is 0 Å². The summed E-state index contributed by atoms with van der Waals surface area (Å²) < 4.78 is 0. The van der Waals surface area contributed by atoms with Crippen LogP contribution in [0.4, 0.5) is 5.69 Å². The Morgan fingerprint density at radius 1 is 1.17 bits per heavy atom. The van der Waals surface area contributed by atoms with Crippen molar-refractivity contribution in [2.75, 3.05) is 5.32 Å². The highest BCUT2D eigenvalue weighted by molar-refractivity contribution is 6.04. The van der Waals surface area contributed by atoms with E-state index >= 15 is 0 Å². The zero-order chi connectivity index (χ0) is 13.0. The second kappa shape index (κ2) is 5.02. The third-order valence-corrected chi connectivity index (χ3v) is 2.38. The predicted molar refractivity (Wildman–Crippen MR) is 67.2 cm³/mol. The summed E-state index contributed by atoms with van der Waals surface area (Å²) >= 11 is 0. The van der Waals surface area contributed by atoms with Gasteiger partial charge in [-0.1, -0.05) is 6.07 Å². The summed E-state index contributed by atoms with van der Waals surface area (Å²) in [6.45, 7) is 0. The number of nitrogens with one attached hydrogen (secondary N) is 1. The van der Waals surface area contributed by atoms with Crippen LogP contribution in [0.1, 0.15) is 15.9 Å². The molecule has 0 unspecified atom stereocenters. The highest BCUT2D eigenvalue weighted by atomic mass is 16.3. The highest BCUT2D eigenvalue weighted by Crippen LogP contribution is 2.14. The number of nitrogens with zero attached hydrogens (tertiary/aromatic N) is 1. The number of hydrogen-bond acceptors (Lipinski definition) is 3. The van der Waals surface area contributed by atoms with E-state index in [9.17, 15) is 9.90 Å². The number of carbonyl (C=O) groups excluding carboxylic acids is 1. The standard InChI is InChI=1S/C14H10N2O2/c15-9-10-4-6-12(7-5-10)16-14(18)11-2-1-3-13(17)8-11/h1-8,17H,(H,16,18). The third kappa shape index (κ3) is 2.66. The Bertz CT molecular complexity index is 612. The van der Waals surface area contributed by atoms with E-state index in [1.54, 1.807) is 36.4 Å². The van der Waals surface area contributed by atoms with Crippen molar-refractivity contribution in [3.63, 3.8) is 0 Å². The van der Waals surface area contributed by atoms with Crippen molar-refractivity contribution in [1.29, 1.82) is 5.26 Å². The number of amides is 1. The lowest BCUT2D eigenvalue weighted by molar-refractivity contribution is 0.102. The van der Waals surface area contributed by atoms with Gasteiger partial charge in [0.15, 0.2) is 0 Å². The Kier molecular flexibility index (Phi) is 3.26. The molecule has 0 spiro atoms. The summed E-state index contributed by atoms with van der Waals surface area (Å²) in [6.07, 6.45) is 0. The minimum absolute atomic E-state index is 0.0440. The van der Waals surface area contributed by atoms with Crippen LogP contribution < -0.4 is 5.32 Å². The summed E-state index contributed by atoms with van der Waals surface area (Å²) in [5.74, 6) is -0.266. The molecule has 0 radical (unpaired) electrons. The van der Waals surface area contributed by atoms with Crippen LogP contribution in [-0.2, 0) is 0 Å². The van der Waals surface area contributed by atoms with Gasteiger partial charge in [-0.3, -0.25) is 4.79 Å². The molecule has 0 fully saturated rings. The molecule has 4 nitrogen and oxygen atoms in total. The smallest absolute Gasteiger partial charge is 0.255 e. The van der Waals surface area contributed by atoms with Gasteiger partial charge in [-0.25, -0.2) is 0 Å². The topological polar surface area (TPSA) is 73.1 Å². The molecule has 0 saturated heterocycles. The maximum atomic E-state index is 11.8. The zero-order valence-electron chi connectivity index (χ0n) is 9.42. The lowest BCUT2D eigenvalue weighted by Gasteiger charge is -2.05. The monoisotopic (exact) mass is 238 g/mol. The molecule has 0 bridgehead atoms. The van der Waals surface area contributed by atoms with E-state index < -0.39 is 0 Å². The molecule has 2 aromatic rings. The van der Waals surface area contributed by atoms with Crippen LogP contribution in [0.25, 0.3) is 0 Å². The largest absolute Gasteiger partial charge is 0.508 e. The third-order valence-electron chi connectivity index (χ3n) is 2.38. The number of aromatic hydroxyl groups is 1. The molecule has 2 aromatic carbocycles. The molecule has 0 aliphatic heterocycles. The van der Waals surface area contributed by atoms with Gasteiger partial charge in [-0.2, -0.15) is 5.26 Å². The lowest BCUT2D eigenvalue weighted by Crippen LogP contribution is -2.11. The Hall–Kier alpha value is -2.80. The molecule has 0 heterocycles. The van der Waals surface area contributed by atoms with Crippen molar-refractivity contribution in [1.82, 2.24) is 0 Å². The van der Waals surface area contributed by atoms with E-state index in [0.29, 0.717) is 16.8 Å². The average molecular weight is 238 g/mol. The van der Waals surface area contributed by atoms with Crippen LogP contribution in [-0.4, -0.2) is 11.0 Å². The first kappa shape index (κ1) is 11.7. The molecular weight excluding hydrogens is 228 g/mol. The van der Waals surface area contributed by atoms with Gasteiger partial charge in [0, 0.05) is 11.3 Å². The van der Waals surface area contributed by atoms with E-state index in [4.69, 9.17) is 5.26 Å². The van der Waals surface area contributed by atoms with Crippen molar-refractivity contribution in [2.24, 2.45) is 0 Å². The number of nitriles is 1. The van der Waals surface area contributed by atoms with Crippen LogP contribution in [0.2, 0.25) is 0 Å². The maximum Gasteiger partial charge on any atom is 0.255 e.